The van der Waals surface area contributed by atoms with Gasteiger partial charge in [-0.05, 0) is 0 Å². The first-order valence-electron chi connectivity index (χ1n) is 1.88. The van der Waals surface area contributed by atoms with Crippen LogP contribution < -0.4 is 0 Å². The van der Waals surface area contributed by atoms with Crippen LogP contribution in [-0.4, -0.2) is 15.4 Å². The van der Waals surface area contributed by atoms with Crippen LogP contribution in [0, 0.1) is 0 Å². The van der Waals surface area contributed by atoms with Gasteiger partial charge >= 0.3 is 0 Å². The Balaban J connectivity index is 2.40. The predicted molar refractivity (Wildman–Crippen MR) is 30.2 cm³/mol. The van der Waals surface area contributed by atoms with Crippen molar-refractivity contribution < 1.29 is 9.35 Å². The molecule has 0 aromatic heterocycles. The Morgan fingerprint density at radius 2 is 2.57 bits per heavy atom. The summed E-state index contributed by atoms with van der Waals surface area (Å²) in [5, 5.41) is 0.0679. The lowest BCUT2D eigenvalue weighted by Crippen LogP contribution is -1.88. The van der Waals surface area contributed by atoms with Gasteiger partial charge in [-0.3, -0.25) is 4.79 Å². The summed E-state index contributed by atoms with van der Waals surface area (Å²) in [5.41, 5.74) is 0. The van der Waals surface area contributed by atoms with Gasteiger partial charge in [0, 0.05) is 10.2 Å². The molecule has 1 rings (SSSR count). The van der Waals surface area contributed by atoms with Gasteiger partial charge in [0.25, 0.3) is 0 Å². The highest BCUT2D eigenvalue weighted by Gasteiger charge is 2.25. The molecule has 0 bridgehead atoms. The first-order chi connectivity index (χ1) is 3.29. The molecule has 0 aromatic rings. The molecule has 1 heterocycles. The van der Waals surface area contributed by atoms with Crippen molar-refractivity contribution in [3.05, 3.63) is 0 Å². The molecular formula is C3H4O2S2. The molecule has 1 unspecified atom stereocenters. The van der Waals surface area contributed by atoms with Crippen LogP contribution in [0.15, 0.2) is 0 Å². The van der Waals surface area contributed by atoms with Gasteiger partial charge in [0.05, 0.1) is 6.42 Å². The maximum Gasteiger partial charge on any atom is 0.244 e. The van der Waals surface area contributed by atoms with E-state index in [1.807, 2.05) is 0 Å². The average Bonchev–Trinajstić information content (AvgIpc) is 1.87. The molecule has 4 heteroatoms. The van der Waals surface area contributed by atoms with Gasteiger partial charge in [-0.25, -0.2) is 0 Å². The van der Waals surface area contributed by atoms with E-state index in [2.05, 4.69) is 0 Å². The third-order valence-electron chi connectivity index (χ3n) is 0.659. The smallest absolute Gasteiger partial charge is 0.244 e. The molecule has 1 aliphatic heterocycles. The van der Waals surface area contributed by atoms with Gasteiger partial charge in [-0.1, -0.05) is 0 Å². The van der Waals surface area contributed by atoms with Gasteiger partial charge in [0.1, 0.15) is 5.75 Å². The summed E-state index contributed by atoms with van der Waals surface area (Å²) in [5.74, 6) is 0.559. The average molecular weight is 136 g/mol. The molecule has 0 N–H and O–H groups in total. The zero-order valence-corrected chi connectivity index (χ0v) is 5.18. The number of carbonyl (C=O) groups is 1. The predicted octanol–water partition coefficient (Wildman–Crippen LogP) is 0.314. The van der Waals surface area contributed by atoms with E-state index in [1.54, 1.807) is 0 Å². The lowest BCUT2D eigenvalue weighted by atomic mass is 10.6. The van der Waals surface area contributed by atoms with E-state index < -0.39 is 10.2 Å². The van der Waals surface area contributed by atoms with Crippen LogP contribution in [0.4, 0.5) is 0 Å². The number of hydrogen-bond acceptors (Lipinski definition) is 3. The minimum atomic E-state index is -0.886. The zero-order valence-electron chi connectivity index (χ0n) is 3.55. The minimum Gasteiger partial charge on any atom is -0.605 e. The van der Waals surface area contributed by atoms with E-state index in [0.717, 1.165) is 10.8 Å². The van der Waals surface area contributed by atoms with Crippen molar-refractivity contribution >= 4 is 26.1 Å². The Kier molecular flexibility index (Phi) is 1.61. The van der Waals surface area contributed by atoms with Crippen LogP contribution in [0.5, 0.6) is 0 Å². The third kappa shape index (κ3) is 1.36. The highest BCUT2D eigenvalue weighted by atomic mass is 33.1. The maximum absolute atomic E-state index is 10.3. The maximum atomic E-state index is 10.3. The Bertz CT molecular complexity index is 92.9. The fraction of sp³-hybridized carbons (Fsp3) is 0.667. The van der Waals surface area contributed by atoms with E-state index in [1.165, 1.54) is 0 Å². The Labute approximate surface area is 48.2 Å². The first-order valence-corrected chi connectivity index (χ1v) is 4.54. The highest BCUT2D eigenvalue weighted by Crippen LogP contribution is 2.24. The standard InChI is InChI=1S/C3H4O2S2/c4-3-1-2-7(5)6-3/h1-2H2. The van der Waals surface area contributed by atoms with Crippen molar-refractivity contribution in [1.29, 1.82) is 0 Å². The van der Waals surface area contributed by atoms with Crippen molar-refractivity contribution in [2.75, 3.05) is 5.75 Å². The van der Waals surface area contributed by atoms with Gasteiger partial charge in [0.2, 0.25) is 5.12 Å². The van der Waals surface area contributed by atoms with Crippen LogP contribution in [0.25, 0.3) is 0 Å². The van der Waals surface area contributed by atoms with E-state index >= 15 is 0 Å². The van der Waals surface area contributed by atoms with E-state index in [9.17, 15) is 9.35 Å². The quantitative estimate of drug-likeness (QED) is 0.355. The summed E-state index contributed by atoms with van der Waals surface area (Å²) in [6.45, 7) is 0. The van der Waals surface area contributed by atoms with Crippen LogP contribution in [0.2, 0.25) is 0 Å². The van der Waals surface area contributed by atoms with Crippen molar-refractivity contribution in [3.63, 3.8) is 0 Å². The summed E-state index contributed by atoms with van der Waals surface area (Å²) in [7, 11) is 0.0679. The Morgan fingerprint density at radius 1 is 1.86 bits per heavy atom. The molecule has 0 aromatic carbocycles. The van der Waals surface area contributed by atoms with E-state index in [-0.39, 0.29) is 5.12 Å². The second-order valence-electron chi connectivity index (χ2n) is 1.21. The fourth-order valence-corrected chi connectivity index (χ4v) is 2.68. The third-order valence-corrected chi connectivity index (χ3v) is 3.39. The summed E-state index contributed by atoms with van der Waals surface area (Å²) >= 11 is 0. The van der Waals surface area contributed by atoms with Crippen LogP contribution in [0.3, 0.4) is 0 Å². The van der Waals surface area contributed by atoms with Gasteiger partial charge in [0.15, 0.2) is 10.8 Å². The molecule has 1 aliphatic rings. The highest BCUT2D eigenvalue weighted by molar-refractivity contribution is 8.78. The SMILES string of the molecule is O=C1CC[S+]([O-])S1. The van der Waals surface area contributed by atoms with Gasteiger partial charge in [-0.15, -0.1) is 0 Å². The minimum absolute atomic E-state index is 0.0679. The lowest BCUT2D eigenvalue weighted by Gasteiger charge is -1.91. The molecule has 0 radical (unpaired) electrons. The molecular weight excluding hydrogens is 132 g/mol. The molecule has 2 nitrogen and oxygen atoms in total. The zero-order chi connectivity index (χ0) is 5.28. The van der Waals surface area contributed by atoms with E-state index in [4.69, 9.17) is 0 Å². The molecule has 0 saturated carbocycles. The van der Waals surface area contributed by atoms with Crippen molar-refractivity contribution in [1.82, 2.24) is 0 Å². The molecule has 1 atom stereocenters. The normalized spacial score (nSPS) is 31.6. The van der Waals surface area contributed by atoms with Crippen molar-refractivity contribution in [2.24, 2.45) is 0 Å². The Morgan fingerprint density at radius 3 is 2.71 bits per heavy atom. The van der Waals surface area contributed by atoms with Crippen molar-refractivity contribution in [3.8, 4) is 0 Å². The fourth-order valence-electron chi connectivity index (χ4n) is 0.354. The summed E-state index contributed by atoms with van der Waals surface area (Å²) in [6.07, 6.45) is 0.497. The number of hydrogen-bond donors (Lipinski definition) is 0. The first kappa shape index (κ1) is 5.47. The second kappa shape index (κ2) is 2.07. The topological polar surface area (TPSA) is 40.1 Å². The monoisotopic (exact) mass is 136 g/mol. The van der Waals surface area contributed by atoms with Crippen LogP contribution in [0.1, 0.15) is 6.42 Å². The molecule has 1 fully saturated rings. The number of carbonyl (C=O) groups excluding carboxylic acids is 1. The number of rotatable bonds is 0. The largest absolute Gasteiger partial charge is 0.605 e. The summed E-state index contributed by atoms with van der Waals surface area (Å²) < 4.78 is 10.3. The molecule has 0 spiro atoms. The summed E-state index contributed by atoms with van der Waals surface area (Å²) in [4.78, 5) is 10.2. The lowest BCUT2D eigenvalue weighted by molar-refractivity contribution is -0.110. The second-order valence-corrected chi connectivity index (χ2v) is 4.47. The molecule has 1 saturated heterocycles. The van der Waals surface area contributed by atoms with E-state index in [0.29, 0.717) is 12.2 Å². The van der Waals surface area contributed by atoms with Crippen LogP contribution in [-0.2, 0) is 15.0 Å². The van der Waals surface area contributed by atoms with Gasteiger partial charge < -0.3 is 4.55 Å². The summed E-state index contributed by atoms with van der Waals surface area (Å²) in [6, 6.07) is 0. The molecule has 40 valence electrons. The Hall–Kier alpha value is 0.330. The molecule has 0 amide bonds. The molecule has 0 aliphatic carbocycles. The van der Waals surface area contributed by atoms with Crippen molar-refractivity contribution in [2.45, 2.75) is 6.42 Å². The molecule has 7 heavy (non-hydrogen) atoms. The van der Waals surface area contributed by atoms with Crippen LogP contribution >= 0.6 is 10.8 Å². The van der Waals surface area contributed by atoms with Gasteiger partial charge in [-0.2, -0.15) is 0 Å².